The molecule has 102 valence electrons. The summed E-state index contributed by atoms with van der Waals surface area (Å²) >= 11 is 0. The van der Waals surface area contributed by atoms with Gasteiger partial charge in [-0.3, -0.25) is 5.41 Å². The highest BCUT2D eigenvalue weighted by Crippen LogP contribution is 2.34. The van der Waals surface area contributed by atoms with E-state index in [0.717, 1.165) is 23.6 Å². The van der Waals surface area contributed by atoms with Crippen molar-refractivity contribution in [3.8, 4) is 0 Å². The first-order valence-electron chi connectivity index (χ1n) is 7.33. The molecule has 1 aliphatic carbocycles. The summed E-state index contributed by atoms with van der Waals surface area (Å²) in [6.45, 7) is 3.04. The molecule has 1 N–H and O–H groups in total. The van der Waals surface area contributed by atoms with E-state index in [2.05, 4.69) is 11.8 Å². The SMILES string of the molecule is CCC1CCCC(N2Cc3ccc(F)cc3C2=N)C1. The Bertz CT molecular complexity index is 498. The lowest BCUT2D eigenvalue weighted by molar-refractivity contribution is 0.195. The van der Waals surface area contributed by atoms with Crippen molar-refractivity contribution in [2.75, 3.05) is 0 Å². The monoisotopic (exact) mass is 260 g/mol. The zero-order valence-electron chi connectivity index (χ0n) is 11.5. The summed E-state index contributed by atoms with van der Waals surface area (Å²) in [6.07, 6.45) is 6.19. The van der Waals surface area contributed by atoms with Crippen molar-refractivity contribution in [3.63, 3.8) is 0 Å². The Kier molecular flexibility index (Phi) is 3.29. The summed E-state index contributed by atoms with van der Waals surface area (Å²) in [6, 6.07) is 5.32. The van der Waals surface area contributed by atoms with Gasteiger partial charge in [-0.05, 0) is 36.5 Å². The average molecular weight is 260 g/mol. The first-order chi connectivity index (χ1) is 9.19. The molecule has 1 aliphatic heterocycles. The predicted molar refractivity (Wildman–Crippen MR) is 74.8 cm³/mol. The Labute approximate surface area is 114 Å². The number of rotatable bonds is 2. The van der Waals surface area contributed by atoms with E-state index in [-0.39, 0.29) is 5.82 Å². The smallest absolute Gasteiger partial charge is 0.129 e. The maximum Gasteiger partial charge on any atom is 0.129 e. The lowest BCUT2D eigenvalue weighted by atomic mass is 9.83. The minimum atomic E-state index is -0.236. The zero-order valence-corrected chi connectivity index (χ0v) is 11.5. The minimum absolute atomic E-state index is 0.236. The van der Waals surface area contributed by atoms with Crippen molar-refractivity contribution in [2.24, 2.45) is 5.92 Å². The van der Waals surface area contributed by atoms with Crippen LogP contribution in [0.1, 0.15) is 50.2 Å². The van der Waals surface area contributed by atoms with Gasteiger partial charge in [0, 0.05) is 18.2 Å². The standard InChI is InChI=1S/C16H21FN2/c1-2-11-4-3-5-14(8-11)19-10-12-6-7-13(17)9-15(12)16(19)18/h6-7,9,11,14,18H,2-5,8,10H2,1H3. The Morgan fingerprint density at radius 2 is 2.21 bits per heavy atom. The summed E-state index contributed by atoms with van der Waals surface area (Å²) in [4.78, 5) is 2.19. The van der Waals surface area contributed by atoms with Crippen LogP contribution in [0.2, 0.25) is 0 Å². The number of nitrogens with zero attached hydrogens (tertiary/aromatic N) is 1. The van der Waals surface area contributed by atoms with Gasteiger partial charge in [-0.25, -0.2) is 4.39 Å². The highest BCUT2D eigenvalue weighted by molar-refractivity contribution is 6.00. The zero-order chi connectivity index (χ0) is 13.4. The molecule has 2 nitrogen and oxygen atoms in total. The third kappa shape index (κ3) is 2.26. The van der Waals surface area contributed by atoms with Crippen LogP contribution >= 0.6 is 0 Å². The van der Waals surface area contributed by atoms with Crippen LogP contribution in [-0.4, -0.2) is 16.8 Å². The second kappa shape index (κ2) is 4.95. The van der Waals surface area contributed by atoms with Crippen LogP contribution in [0.3, 0.4) is 0 Å². The maximum atomic E-state index is 13.3. The minimum Gasteiger partial charge on any atom is -0.349 e. The van der Waals surface area contributed by atoms with Crippen LogP contribution in [0.25, 0.3) is 0 Å². The largest absolute Gasteiger partial charge is 0.349 e. The van der Waals surface area contributed by atoms with Gasteiger partial charge in [0.2, 0.25) is 0 Å². The number of hydrogen-bond acceptors (Lipinski definition) is 1. The summed E-state index contributed by atoms with van der Waals surface area (Å²) in [5.41, 5.74) is 1.89. The molecule has 0 bridgehead atoms. The van der Waals surface area contributed by atoms with Crippen LogP contribution < -0.4 is 0 Å². The topological polar surface area (TPSA) is 27.1 Å². The fourth-order valence-electron chi connectivity index (χ4n) is 3.55. The first kappa shape index (κ1) is 12.6. The van der Waals surface area contributed by atoms with Crippen molar-refractivity contribution in [2.45, 2.75) is 51.6 Å². The number of nitrogens with one attached hydrogen (secondary N) is 1. The highest BCUT2D eigenvalue weighted by atomic mass is 19.1. The summed E-state index contributed by atoms with van der Waals surface area (Å²) in [7, 11) is 0. The summed E-state index contributed by atoms with van der Waals surface area (Å²) in [5.74, 6) is 1.09. The molecular formula is C16H21FN2. The van der Waals surface area contributed by atoms with E-state index in [9.17, 15) is 4.39 Å². The Balaban J connectivity index is 1.79. The van der Waals surface area contributed by atoms with Crippen molar-refractivity contribution in [3.05, 3.63) is 35.1 Å². The molecule has 3 heteroatoms. The Morgan fingerprint density at radius 3 is 3.00 bits per heavy atom. The molecule has 1 aromatic carbocycles. The molecule has 19 heavy (non-hydrogen) atoms. The highest BCUT2D eigenvalue weighted by Gasteiger charge is 2.32. The van der Waals surface area contributed by atoms with Gasteiger partial charge in [-0.15, -0.1) is 0 Å². The van der Waals surface area contributed by atoms with Gasteiger partial charge >= 0.3 is 0 Å². The molecule has 1 saturated carbocycles. The van der Waals surface area contributed by atoms with E-state index in [4.69, 9.17) is 5.41 Å². The van der Waals surface area contributed by atoms with Gasteiger partial charge in [0.1, 0.15) is 11.7 Å². The molecular weight excluding hydrogens is 239 g/mol. The molecule has 2 atom stereocenters. The molecule has 0 spiro atoms. The van der Waals surface area contributed by atoms with Crippen molar-refractivity contribution < 1.29 is 4.39 Å². The van der Waals surface area contributed by atoms with Gasteiger partial charge in [0.05, 0.1) is 0 Å². The van der Waals surface area contributed by atoms with Crippen LogP contribution in [0.15, 0.2) is 18.2 Å². The van der Waals surface area contributed by atoms with E-state index in [0.29, 0.717) is 11.9 Å². The van der Waals surface area contributed by atoms with E-state index >= 15 is 0 Å². The maximum absolute atomic E-state index is 13.3. The number of benzene rings is 1. The molecule has 3 rings (SSSR count). The Morgan fingerprint density at radius 1 is 1.37 bits per heavy atom. The fourth-order valence-corrected chi connectivity index (χ4v) is 3.55. The van der Waals surface area contributed by atoms with Crippen LogP contribution in [0.5, 0.6) is 0 Å². The molecule has 2 aliphatic rings. The molecule has 0 radical (unpaired) electrons. The van der Waals surface area contributed by atoms with Crippen LogP contribution in [0.4, 0.5) is 4.39 Å². The number of fused-ring (bicyclic) bond motifs is 1. The van der Waals surface area contributed by atoms with E-state index in [1.165, 1.54) is 44.2 Å². The van der Waals surface area contributed by atoms with E-state index < -0.39 is 0 Å². The number of hydrogen-bond donors (Lipinski definition) is 1. The van der Waals surface area contributed by atoms with E-state index in [1.807, 2.05) is 6.07 Å². The molecule has 1 aromatic rings. The summed E-state index contributed by atoms with van der Waals surface area (Å²) < 4.78 is 13.3. The van der Waals surface area contributed by atoms with Gasteiger partial charge in [0.15, 0.2) is 0 Å². The third-order valence-electron chi connectivity index (χ3n) is 4.73. The average Bonchev–Trinajstić information content (AvgIpc) is 2.76. The van der Waals surface area contributed by atoms with Crippen LogP contribution in [-0.2, 0) is 6.54 Å². The molecule has 0 saturated heterocycles. The van der Waals surface area contributed by atoms with Crippen LogP contribution in [0, 0.1) is 17.1 Å². The lowest BCUT2D eigenvalue weighted by Crippen LogP contribution is -2.39. The molecule has 1 fully saturated rings. The second-order valence-corrected chi connectivity index (χ2v) is 5.87. The van der Waals surface area contributed by atoms with Gasteiger partial charge < -0.3 is 4.90 Å². The van der Waals surface area contributed by atoms with Crippen molar-refractivity contribution in [1.82, 2.24) is 4.90 Å². The van der Waals surface area contributed by atoms with Gasteiger partial charge in [-0.2, -0.15) is 0 Å². The van der Waals surface area contributed by atoms with E-state index in [1.54, 1.807) is 0 Å². The van der Waals surface area contributed by atoms with Gasteiger partial charge in [-0.1, -0.05) is 32.3 Å². The fraction of sp³-hybridized carbons (Fsp3) is 0.562. The molecule has 0 aromatic heterocycles. The van der Waals surface area contributed by atoms with Crippen molar-refractivity contribution in [1.29, 1.82) is 5.41 Å². The second-order valence-electron chi connectivity index (χ2n) is 5.87. The quantitative estimate of drug-likeness (QED) is 0.857. The number of amidine groups is 1. The lowest BCUT2D eigenvalue weighted by Gasteiger charge is -2.36. The molecule has 1 heterocycles. The summed E-state index contributed by atoms with van der Waals surface area (Å²) in [5, 5.41) is 8.30. The normalized spacial score (nSPS) is 26.6. The number of halogens is 1. The third-order valence-corrected chi connectivity index (χ3v) is 4.73. The van der Waals surface area contributed by atoms with Crippen molar-refractivity contribution >= 4 is 5.84 Å². The first-order valence-corrected chi connectivity index (χ1v) is 7.33. The predicted octanol–water partition coefficient (Wildman–Crippen LogP) is 3.94. The molecule has 2 unspecified atom stereocenters. The Hall–Kier alpha value is -1.38. The van der Waals surface area contributed by atoms with Gasteiger partial charge in [0.25, 0.3) is 0 Å². The molecule has 0 amide bonds.